The van der Waals surface area contributed by atoms with Crippen LogP contribution in [0.25, 0.3) is 0 Å². The van der Waals surface area contributed by atoms with Crippen LogP contribution >= 0.6 is 23.2 Å². The minimum absolute atomic E-state index is 0.187. The second-order valence-corrected chi connectivity index (χ2v) is 6.51. The van der Waals surface area contributed by atoms with E-state index in [0.717, 1.165) is 5.56 Å². The zero-order chi connectivity index (χ0) is 19.2. The summed E-state index contributed by atoms with van der Waals surface area (Å²) in [5.41, 5.74) is 1.54. The molecule has 0 atom stereocenters. The summed E-state index contributed by atoms with van der Waals surface area (Å²) in [6.45, 7) is 0. The molecule has 0 aliphatic rings. The lowest BCUT2D eigenvalue weighted by Gasteiger charge is -2.10. The first-order valence-corrected chi connectivity index (χ1v) is 8.84. The number of aromatic nitrogens is 1. The summed E-state index contributed by atoms with van der Waals surface area (Å²) in [6, 6.07) is 17.4. The Morgan fingerprint density at radius 1 is 0.889 bits per heavy atom. The van der Waals surface area contributed by atoms with E-state index in [2.05, 4.69) is 15.6 Å². The van der Waals surface area contributed by atoms with E-state index in [1.54, 1.807) is 30.3 Å². The number of benzene rings is 2. The molecule has 2 amide bonds. The van der Waals surface area contributed by atoms with E-state index < -0.39 is 5.91 Å². The first-order valence-electron chi connectivity index (χ1n) is 8.08. The summed E-state index contributed by atoms with van der Waals surface area (Å²) in [6.07, 6.45) is 1.72. The topological polar surface area (TPSA) is 71.1 Å². The Morgan fingerprint density at radius 2 is 1.59 bits per heavy atom. The van der Waals surface area contributed by atoms with Gasteiger partial charge in [0.1, 0.15) is 5.82 Å². The maximum Gasteiger partial charge on any atom is 0.258 e. The Hall–Kier alpha value is -2.89. The fourth-order valence-corrected chi connectivity index (χ4v) is 3.02. The van der Waals surface area contributed by atoms with Crippen molar-refractivity contribution in [3.63, 3.8) is 0 Å². The number of carbonyl (C=O) groups is 2. The number of anilines is 2. The monoisotopic (exact) mass is 399 g/mol. The number of hydrogen-bond donors (Lipinski definition) is 2. The molecular weight excluding hydrogens is 385 g/mol. The molecular formula is C20H15Cl2N3O2. The van der Waals surface area contributed by atoms with Gasteiger partial charge in [-0.2, -0.15) is 0 Å². The number of nitrogens with one attached hydrogen (secondary N) is 2. The third-order valence-corrected chi connectivity index (χ3v) is 4.31. The van der Waals surface area contributed by atoms with Crippen molar-refractivity contribution in [2.24, 2.45) is 0 Å². The number of rotatable bonds is 5. The number of halogens is 2. The lowest BCUT2D eigenvalue weighted by Crippen LogP contribution is -2.16. The first kappa shape index (κ1) is 18.9. The molecule has 3 rings (SSSR count). The molecule has 136 valence electrons. The maximum absolute atomic E-state index is 12.4. The van der Waals surface area contributed by atoms with E-state index >= 15 is 0 Å². The molecule has 0 spiro atoms. The highest BCUT2D eigenvalue weighted by atomic mass is 35.5. The van der Waals surface area contributed by atoms with E-state index in [9.17, 15) is 9.59 Å². The van der Waals surface area contributed by atoms with Gasteiger partial charge in [-0.1, -0.05) is 59.6 Å². The van der Waals surface area contributed by atoms with Gasteiger partial charge in [-0.3, -0.25) is 9.59 Å². The molecule has 3 aromatic rings. The van der Waals surface area contributed by atoms with Crippen LogP contribution in [0.1, 0.15) is 15.9 Å². The number of amides is 2. The van der Waals surface area contributed by atoms with Crippen LogP contribution < -0.4 is 10.6 Å². The molecule has 0 aliphatic heterocycles. The summed E-state index contributed by atoms with van der Waals surface area (Å²) in [4.78, 5) is 28.7. The predicted molar refractivity (Wildman–Crippen MR) is 107 cm³/mol. The predicted octanol–water partition coefficient (Wildman–Crippen LogP) is 4.82. The number of pyridine rings is 1. The molecule has 0 unspecified atom stereocenters. The summed E-state index contributed by atoms with van der Waals surface area (Å²) >= 11 is 12.1. The highest BCUT2D eigenvalue weighted by Crippen LogP contribution is 2.25. The van der Waals surface area contributed by atoms with Gasteiger partial charge in [0.05, 0.1) is 22.0 Å². The fourth-order valence-electron chi connectivity index (χ4n) is 2.45. The van der Waals surface area contributed by atoms with Crippen molar-refractivity contribution in [3.8, 4) is 0 Å². The van der Waals surface area contributed by atoms with E-state index in [0.29, 0.717) is 11.5 Å². The molecule has 2 N–H and O–H groups in total. The molecule has 0 fully saturated rings. The Labute approximate surface area is 166 Å². The third-order valence-electron chi connectivity index (χ3n) is 3.68. The van der Waals surface area contributed by atoms with Crippen LogP contribution in [0.2, 0.25) is 10.0 Å². The summed E-state index contributed by atoms with van der Waals surface area (Å²) < 4.78 is 0. The zero-order valence-electron chi connectivity index (χ0n) is 14.1. The van der Waals surface area contributed by atoms with Crippen molar-refractivity contribution in [1.29, 1.82) is 0 Å². The fraction of sp³-hybridized carbons (Fsp3) is 0.0500. The van der Waals surface area contributed by atoms with E-state index in [-0.39, 0.29) is 27.9 Å². The molecule has 2 aromatic carbocycles. The molecule has 1 heterocycles. The Kier molecular flexibility index (Phi) is 6.06. The van der Waals surface area contributed by atoms with Crippen LogP contribution in [-0.4, -0.2) is 16.8 Å². The molecule has 27 heavy (non-hydrogen) atoms. The normalized spacial score (nSPS) is 10.3. The van der Waals surface area contributed by atoms with Gasteiger partial charge in [0.25, 0.3) is 5.91 Å². The highest BCUT2D eigenvalue weighted by Gasteiger charge is 2.15. The lowest BCUT2D eigenvalue weighted by molar-refractivity contribution is -0.115. The molecule has 5 nitrogen and oxygen atoms in total. The smallest absolute Gasteiger partial charge is 0.258 e. The average molecular weight is 400 g/mol. The maximum atomic E-state index is 12.4. The minimum atomic E-state index is -0.446. The number of nitrogens with zero attached hydrogens (tertiary/aromatic N) is 1. The molecule has 0 saturated carbocycles. The molecule has 0 saturated heterocycles. The average Bonchev–Trinajstić information content (AvgIpc) is 2.62. The molecule has 0 aliphatic carbocycles. The van der Waals surface area contributed by atoms with Gasteiger partial charge in [-0.25, -0.2) is 4.98 Å². The second kappa shape index (κ2) is 8.66. The van der Waals surface area contributed by atoms with E-state index in [4.69, 9.17) is 23.2 Å². The largest absolute Gasteiger partial charge is 0.322 e. The van der Waals surface area contributed by atoms with Crippen molar-refractivity contribution in [3.05, 3.63) is 88.0 Å². The van der Waals surface area contributed by atoms with Crippen LogP contribution in [0.3, 0.4) is 0 Å². The van der Waals surface area contributed by atoms with Crippen molar-refractivity contribution in [2.75, 3.05) is 10.6 Å². The van der Waals surface area contributed by atoms with Gasteiger partial charge < -0.3 is 10.6 Å². The van der Waals surface area contributed by atoms with Crippen molar-refractivity contribution in [1.82, 2.24) is 4.98 Å². The zero-order valence-corrected chi connectivity index (χ0v) is 15.6. The molecule has 0 bridgehead atoms. The van der Waals surface area contributed by atoms with Gasteiger partial charge >= 0.3 is 0 Å². The summed E-state index contributed by atoms with van der Waals surface area (Å²) in [7, 11) is 0. The first-order chi connectivity index (χ1) is 13.0. The van der Waals surface area contributed by atoms with Gasteiger partial charge in [0.2, 0.25) is 5.91 Å². The van der Waals surface area contributed by atoms with Crippen molar-refractivity contribution < 1.29 is 9.59 Å². The van der Waals surface area contributed by atoms with Gasteiger partial charge in [0.15, 0.2) is 0 Å². The van der Waals surface area contributed by atoms with Crippen LogP contribution in [0.4, 0.5) is 11.5 Å². The second-order valence-electron chi connectivity index (χ2n) is 5.69. The van der Waals surface area contributed by atoms with Crippen LogP contribution in [0, 0.1) is 0 Å². The Morgan fingerprint density at radius 3 is 2.30 bits per heavy atom. The van der Waals surface area contributed by atoms with E-state index in [1.165, 1.54) is 6.20 Å². The summed E-state index contributed by atoms with van der Waals surface area (Å²) in [5, 5.41) is 5.93. The highest BCUT2D eigenvalue weighted by molar-refractivity contribution is 6.40. The summed E-state index contributed by atoms with van der Waals surface area (Å²) in [5.74, 6) is -0.316. The lowest BCUT2D eigenvalue weighted by atomic mass is 10.1. The van der Waals surface area contributed by atoms with E-state index in [1.807, 2.05) is 30.3 Å². The standard InChI is InChI=1S/C20H15Cl2N3O2/c21-15-7-4-8-16(22)19(15)20(27)24-14-9-10-23-17(12-14)25-18(26)11-13-5-2-1-3-6-13/h1-10,12H,11H2,(H2,23,24,25,26,27). The van der Waals surface area contributed by atoms with Gasteiger partial charge in [-0.15, -0.1) is 0 Å². The van der Waals surface area contributed by atoms with Crippen LogP contribution in [0.15, 0.2) is 66.9 Å². The Bertz CT molecular complexity index is 958. The SMILES string of the molecule is O=C(Cc1ccccc1)Nc1cc(NC(=O)c2c(Cl)cccc2Cl)ccn1. The molecule has 1 aromatic heterocycles. The quantitative estimate of drug-likeness (QED) is 0.645. The van der Waals surface area contributed by atoms with Crippen LogP contribution in [0.5, 0.6) is 0 Å². The Balaban J connectivity index is 1.68. The third kappa shape index (κ3) is 5.06. The van der Waals surface area contributed by atoms with Crippen molar-refractivity contribution >= 4 is 46.5 Å². The van der Waals surface area contributed by atoms with Gasteiger partial charge in [0, 0.05) is 18.0 Å². The molecule has 0 radical (unpaired) electrons. The van der Waals surface area contributed by atoms with Gasteiger partial charge in [-0.05, 0) is 23.8 Å². The van der Waals surface area contributed by atoms with Crippen molar-refractivity contribution in [2.45, 2.75) is 6.42 Å². The minimum Gasteiger partial charge on any atom is -0.322 e. The number of carbonyl (C=O) groups excluding carboxylic acids is 2. The number of hydrogen-bond acceptors (Lipinski definition) is 3. The molecule has 7 heteroatoms. The van der Waals surface area contributed by atoms with Crippen LogP contribution in [-0.2, 0) is 11.2 Å².